The first kappa shape index (κ1) is 18.4. The Morgan fingerprint density at radius 2 is 1.62 bits per heavy atom. The van der Waals surface area contributed by atoms with Crippen LogP contribution in [0.2, 0.25) is 0 Å². The Bertz CT molecular complexity index is 1290. The quantitative estimate of drug-likeness (QED) is 0.214. The second kappa shape index (κ2) is 7.20. The van der Waals surface area contributed by atoms with E-state index in [0.717, 1.165) is 33.1 Å². The molecule has 0 saturated heterocycles. The number of hydrogen-bond donors (Lipinski definition) is 0. The Hall–Kier alpha value is -4.00. The molecule has 0 unspecified atom stereocenters. The fourth-order valence-electron chi connectivity index (χ4n) is 3.39. The molecule has 0 fully saturated rings. The van der Waals surface area contributed by atoms with E-state index in [1.54, 1.807) is 19.1 Å². The molecule has 4 rings (SSSR count). The average molecular weight is 387 g/mol. The number of non-ortho nitro benzene ring substituents is 1. The molecule has 0 saturated carbocycles. The summed E-state index contributed by atoms with van der Waals surface area (Å²) in [6, 6.07) is 20.3. The maximum Gasteiger partial charge on any atom is 0.331 e. The number of nitrogens with zero attached hydrogens (tertiary/aromatic N) is 3. The number of benzene rings is 3. The number of hydrogen-bond acceptors (Lipinski definition) is 5. The fourth-order valence-corrected chi connectivity index (χ4v) is 3.39. The molecule has 0 aliphatic rings. The van der Waals surface area contributed by atoms with Crippen LogP contribution in [0.5, 0.6) is 0 Å². The molecule has 0 aliphatic heterocycles. The molecular formula is C22H17N3O4. The monoisotopic (exact) mass is 387 g/mol. The first-order valence-electron chi connectivity index (χ1n) is 8.96. The summed E-state index contributed by atoms with van der Waals surface area (Å²) in [5.41, 5.74) is 3.88. The zero-order valence-electron chi connectivity index (χ0n) is 15.8. The summed E-state index contributed by atoms with van der Waals surface area (Å²) >= 11 is 0. The van der Waals surface area contributed by atoms with Gasteiger partial charge in [-0.3, -0.25) is 10.1 Å². The highest BCUT2D eigenvalue weighted by Crippen LogP contribution is 2.34. The normalized spacial score (nSPS) is 11.7. The van der Waals surface area contributed by atoms with Crippen molar-refractivity contribution in [1.29, 1.82) is 0 Å². The second-order valence-corrected chi connectivity index (χ2v) is 6.62. The van der Waals surface area contributed by atoms with Crippen molar-refractivity contribution in [3.63, 3.8) is 0 Å². The van der Waals surface area contributed by atoms with E-state index in [-0.39, 0.29) is 5.69 Å². The minimum atomic E-state index is -0.490. The Balaban J connectivity index is 2.03. The van der Waals surface area contributed by atoms with Gasteiger partial charge in [-0.1, -0.05) is 35.5 Å². The van der Waals surface area contributed by atoms with Gasteiger partial charge in [-0.25, -0.2) is 4.79 Å². The van der Waals surface area contributed by atoms with Crippen molar-refractivity contribution in [3.8, 4) is 5.69 Å². The van der Waals surface area contributed by atoms with Crippen LogP contribution < -0.4 is 0 Å². The summed E-state index contributed by atoms with van der Waals surface area (Å²) in [6.07, 6.45) is 0. The van der Waals surface area contributed by atoms with E-state index < -0.39 is 10.9 Å². The van der Waals surface area contributed by atoms with Crippen molar-refractivity contribution in [2.75, 3.05) is 0 Å². The molecule has 0 amide bonds. The van der Waals surface area contributed by atoms with Crippen molar-refractivity contribution in [2.24, 2.45) is 5.16 Å². The van der Waals surface area contributed by atoms with E-state index >= 15 is 0 Å². The molecule has 0 atom stereocenters. The smallest absolute Gasteiger partial charge is 0.318 e. The number of fused-ring (bicyclic) bond motifs is 3. The number of carbonyl (C=O) groups is 1. The molecule has 7 heteroatoms. The molecule has 0 radical (unpaired) electrons. The highest BCUT2D eigenvalue weighted by molar-refractivity contribution is 6.12. The number of oxime groups is 1. The van der Waals surface area contributed by atoms with Crippen LogP contribution in [0.25, 0.3) is 27.5 Å². The van der Waals surface area contributed by atoms with Gasteiger partial charge in [0.15, 0.2) is 0 Å². The molecular weight excluding hydrogens is 370 g/mol. The van der Waals surface area contributed by atoms with Crippen molar-refractivity contribution >= 4 is 39.2 Å². The second-order valence-electron chi connectivity index (χ2n) is 6.62. The van der Waals surface area contributed by atoms with Crippen LogP contribution in [-0.4, -0.2) is 21.2 Å². The zero-order chi connectivity index (χ0) is 20.5. The minimum absolute atomic E-state index is 0.0327. The Kier molecular flexibility index (Phi) is 4.56. The van der Waals surface area contributed by atoms with E-state index in [4.69, 9.17) is 4.84 Å². The summed E-state index contributed by atoms with van der Waals surface area (Å²) in [6.45, 7) is 3.05. The van der Waals surface area contributed by atoms with Gasteiger partial charge in [0.25, 0.3) is 5.69 Å². The van der Waals surface area contributed by atoms with Gasteiger partial charge >= 0.3 is 5.97 Å². The van der Waals surface area contributed by atoms with Crippen LogP contribution in [0.1, 0.15) is 19.4 Å². The lowest BCUT2D eigenvalue weighted by atomic mass is 10.1. The molecule has 7 nitrogen and oxygen atoms in total. The number of nitro groups is 1. The van der Waals surface area contributed by atoms with Crippen LogP contribution in [0, 0.1) is 10.1 Å². The number of carbonyl (C=O) groups excluding carboxylic acids is 1. The molecule has 0 bridgehead atoms. The summed E-state index contributed by atoms with van der Waals surface area (Å²) in [4.78, 5) is 26.7. The van der Waals surface area contributed by atoms with Gasteiger partial charge in [-0.15, -0.1) is 0 Å². The van der Waals surface area contributed by atoms with E-state index in [0.29, 0.717) is 5.71 Å². The summed E-state index contributed by atoms with van der Waals surface area (Å²) < 4.78 is 1.99. The average Bonchev–Trinajstić information content (AvgIpc) is 3.05. The molecule has 1 aromatic heterocycles. The van der Waals surface area contributed by atoms with Crippen LogP contribution in [0.4, 0.5) is 5.69 Å². The third-order valence-electron chi connectivity index (χ3n) is 4.71. The summed E-state index contributed by atoms with van der Waals surface area (Å²) in [7, 11) is 0. The predicted octanol–water partition coefficient (Wildman–Crippen LogP) is 4.98. The molecule has 144 valence electrons. The topological polar surface area (TPSA) is 86.7 Å². The number of rotatable bonds is 4. The fraction of sp³-hybridized carbons (Fsp3) is 0.0909. The van der Waals surface area contributed by atoms with E-state index in [1.807, 2.05) is 53.1 Å². The molecule has 1 heterocycles. The van der Waals surface area contributed by atoms with E-state index in [9.17, 15) is 14.9 Å². The number of aromatic nitrogens is 1. The van der Waals surface area contributed by atoms with Crippen LogP contribution >= 0.6 is 0 Å². The Labute approximate surface area is 166 Å². The van der Waals surface area contributed by atoms with Crippen molar-refractivity contribution < 1.29 is 14.6 Å². The highest BCUT2D eigenvalue weighted by Gasteiger charge is 2.17. The van der Waals surface area contributed by atoms with Crippen LogP contribution in [0.3, 0.4) is 0 Å². The first-order chi connectivity index (χ1) is 14.0. The molecule has 29 heavy (non-hydrogen) atoms. The van der Waals surface area contributed by atoms with Gasteiger partial charge in [0.05, 0.1) is 21.7 Å². The predicted molar refractivity (Wildman–Crippen MR) is 111 cm³/mol. The standard InChI is InChI=1S/C22H17N3O4/c1-14(23-29-15(2)26)16-8-10-19-20-11-9-18(25(27)28)13-22(20)24(21(19)12-16)17-6-4-3-5-7-17/h3-13H,1-2H3. The van der Waals surface area contributed by atoms with Gasteiger partial charge in [0, 0.05) is 41.1 Å². The van der Waals surface area contributed by atoms with Gasteiger partial charge in [-0.2, -0.15) is 0 Å². The van der Waals surface area contributed by atoms with Crippen LogP contribution in [-0.2, 0) is 9.63 Å². The number of nitro benzene ring substituents is 1. The SMILES string of the molecule is CC(=O)ON=C(C)c1ccc2c3ccc([N+](=O)[O-])cc3n(-c3ccccc3)c2c1. The largest absolute Gasteiger partial charge is 0.331 e. The van der Waals surface area contributed by atoms with Crippen molar-refractivity contribution in [2.45, 2.75) is 13.8 Å². The lowest BCUT2D eigenvalue weighted by Crippen LogP contribution is -2.00. The minimum Gasteiger partial charge on any atom is -0.318 e. The zero-order valence-corrected chi connectivity index (χ0v) is 15.8. The molecule has 0 spiro atoms. The Morgan fingerprint density at radius 3 is 2.28 bits per heavy atom. The van der Waals surface area contributed by atoms with Crippen molar-refractivity contribution in [1.82, 2.24) is 4.57 Å². The van der Waals surface area contributed by atoms with Gasteiger partial charge in [0.2, 0.25) is 0 Å². The maximum absolute atomic E-state index is 11.3. The molecule has 0 aliphatic carbocycles. The molecule has 4 aromatic rings. The maximum atomic E-state index is 11.3. The van der Waals surface area contributed by atoms with Crippen molar-refractivity contribution in [3.05, 3.63) is 82.4 Å². The summed E-state index contributed by atoms with van der Waals surface area (Å²) in [5, 5.41) is 17.1. The van der Waals surface area contributed by atoms with Gasteiger partial charge < -0.3 is 9.40 Å². The first-order valence-corrected chi connectivity index (χ1v) is 8.96. The van der Waals surface area contributed by atoms with Gasteiger partial charge in [0.1, 0.15) is 0 Å². The Morgan fingerprint density at radius 1 is 0.966 bits per heavy atom. The third-order valence-corrected chi connectivity index (χ3v) is 4.71. The summed E-state index contributed by atoms with van der Waals surface area (Å²) in [5.74, 6) is -0.490. The van der Waals surface area contributed by atoms with Gasteiger partial charge in [-0.05, 0) is 31.2 Å². The lowest BCUT2D eigenvalue weighted by molar-refractivity contribution is -0.384. The lowest BCUT2D eigenvalue weighted by Gasteiger charge is -2.08. The highest BCUT2D eigenvalue weighted by atomic mass is 16.7. The van der Waals surface area contributed by atoms with E-state index in [1.165, 1.54) is 13.0 Å². The molecule has 0 N–H and O–H groups in total. The van der Waals surface area contributed by atoms with E-state index in [2.05, 4.69) is 5.16 Å². The third kappa shape index (κ3) is 3.34. The number of para-hydroxylation sites is 1. The molecule has 3 aromatic carbocycles. The van der Waals surface area contributed by atoms with Crippen LogP contribution in [0.15, 0.2) is 71.9 Å².